The van der Waals surface area contributed by atoms with E-state index in [1.807, 2.05) is 20.8 Å². The van der Waals surface area contributed by atoms with Gasteiger partial charge in [-0.1, -0.05) is 27.7 Å². The molecule has 5 nitrogen and oxygen atoms in total. The summed E-state index contributed by atoms with van der Waals surface area (Å²) in [5, 5.41) is 11.6. The molecule has 0 heterocycles. The topological polar surface area (TPSA) is 72.8 Å². The minimum atomic E-state index is -0.432. The van der Waals surface area contributed by atoms with Crippen molar-refractivity contribution < 1.29 is 24.2 Å². The zero-order chi connectivity index (χ0) is 26.5. The molecule has 10 unspecified atom stereocenters. The van der Waals surface area contributed by atoms with E-state index in [1.54, 1.807) is 0 Å². The highest BCUT2D eigenvalue weighted by molar-refractivity contribution is 5.76. The second kappa shape index (κ2) is 10.2. The number of ether oxygens (including phenoxy) is 2. The second-order valence-corrected chi connectivity index (χ2v) is 14.2. The van der Waals surface area contributed by atoms with Crippen molar-refractivity contribution in [3.05, 3.63) is 0 Å². The fraction of sp³-hybridized carbons (Fsp3) is 0.935. The van der Waals surface area contributed by atoms with Gasteiger partial charge in [-0.3, -0.25) is 9.59 Å². The van der Waals surface area contributed by atoms with Gasteiger partial charge in [0.25, 0.3) is 0 Å². The number of carbonyl (C=O) groups excluding carboxylic acids is 2. The number of rotatable bonds is 7. The molecule has 0 radical (unpaired) electrons. The van der Waals surface area contributed by atoms with Crippen molar-refractivity contribution in [3.63, 3.8) is 0 Å². The Morgan fingerprint density at radius 2 is 1.69 bits per heavy atom. The van der Waals surface area contributed by atoms with Crippen LogP contribution in [-0.2, 0) is 19.1 Å². The van der Waals surface area contributed by atoms with E-state index in [-0.39, 0.29) is 35.0 Å². The van der Waals surface area contributed by atoms with Crippen LogP contribution in [0.4, 0.5) is 0 Å². The smallest absolute Gasteiger partial charge is 0.311 e. The van der Waals surface area contributed by atoms with Crippen LogP contribution in [0.1, 0.15) is 112 Å². The molecule has 0 aliphatic heterocycles. The highest BCUT2D eigenvalue weighted by atomic mass is 16.5. The summed E-state index contributed by atoms with van der Waals surface area (Å²) in [6.07, 6.45) is 10.5. The molecule has 4 aliphatic carbocycles. The zero-order valence-electron chi connectivity index (χ0n) is 24.0. The van der Waals surface area contributed by atoms with Crippen LogP contribution in [0.15, 0.2) is 0 Å². The molecule has 0 saturated heterocycles. The predicted octanol–water partition coefficient (Wildman–Crippen LogP) is 6.55. The first-order valence-corrected chi connectivity index (χ1v) is 14.8. The van der Waals surface area contributed by atoms with Crippen molar-refractivity contribution in [3.8, 4) is 0 Å². The quantitative estimate of drug-likeness (QED) is 0.398. The van der Waals surface area contributed by atoms with Gasteiger partial charge in [-0.05, 0) is 124 Å². The van der Waals surface area contributed by atoms with E-state index in [0.717, 1.165) is 38.5 Å². The van der Waals surface area contributed by atoms with Gasteiger partial charge in [0.1, 0.15) is 6.10 Å². The maximum atomic E-state index is 12.7. The predicted molar refractivity (Wildman–Crippen MR) is 141 cm³/mol. The van der Waals surface area contributed by atoms with E-state index in [4.69, 9.17) is 9.47 Å². The number of aliphatic hydroxyl groups excluding tert-OH is 1. The number of aliphatic hydroxyl groups is 1. The largest absolute Gasteiger partial charge is 0.469 e. The Hall–Kier alpha value is -1.10. The third-order valence-electron chi connectivity index (χ3n) is 12.1. The Morgan fingerprint density at radius 3 is 2.36 bits per heavy atom. The van der Waals surface area contributed by atoms with E-state index in [2.05, 4.69) is 20.8 Å². The van der Waals surface area contributed by atoms with Gasteiger partial charge in [-0.25, -0.2) is 0 Å². The van der Waals surface area contributed by atoms with E-state index in [0.29, 0.717) is 41.9 Å². The van der Waals surface area contributed by atoms with Gasteiger partial charge in [0, 0.05) is 6.42 Å². The maximum absolute atomic E-state index is 12.7. The maximum Gasteiger partial charge on any atom is 0.311 e. The lowest BCUT2D eigenvalue weighted by Crippen LogP contribution is -2.59. The Morgan fingerprint density at radius 1 is 1.03 bits per heavy atom. The fourth-order valence-electron chi connectivity index (χ4n) is 9.37. The summed E-state index contributed by atoms with van der Waals surface area (Å²) in [5.41, 5.74) is 0.0428. The highest BCUT2D eigenvalue weighted by Crippen LogP contribution is 2.68. The first kappa shape index (κ1) is 27.9. The summed E-state index contributed by atoms with van der Waals surface area (Å²) < 4.78 is 10.9. The van der Waals surface area contributed by atoms with Crippen molar-refractivity contribution in [2.45, 2.75) is 124 Å². The van der Waals surface area contributed by atoms with Gasteiger partial charge in [-0.2, -0.15) is 0 Å². The molecule has 0 bridgehead atoms. The van der Waals surface area contributed by atoms with Crippen LogP contribution in [0.25, 0.3) is 0 Å². The molecule has 4 fully saturated rings. The van der Waals surface area contributed by atoms with Crippen LogP contribution in [0.2, 0.25) is 0 Å². The van der Waals surface area contributed by atoms with Gasteiger partial charge >= 0.3 is 11.9 Å². The molecule has 0 amide bonds. The van der Waals surface area contributed by atoms with Gasteiger partial charge in [0.2, 0.25) is 0 Å². The first-order chi connectivity index (χ1) is 16.9. The van der Waals surface area contributed by atoms with Crippen molar-refractivity contribution in [1.29, 1.82) is 0 Å². The molecule has 0 aromatic carbocycles. The number of esters is 2. The third-order valence-corrected chi connectivity index (χ3v) is 12.1. The van der Waals surface area contributed by atoms with Crippen molar-refractivity contribution in [2.75, 3.05) is 7.11 Å². The van der Waals surface area contributed by atoms with E-state index in [1.165, 1.54) is 32.8 Å². The number of methoxy groups -OCH3 is 1. The first-order valence-electron chi connectivity index (χ1n) is 14.8. The second-order valence-electron chi connectivity index (χ2n) is 14.2. The molecule has 4 aliphatic rings. The molecular weight excluding hydrogens is 452 g/mol. The van der Waals surface area contributed by atoms with Crippen LogP contribution >= 0.6 is 0 Å². The molecule has 1 N–H and O–H groups in total. The summed E-state index contributed by atoms with van der Waals surface area (Å²) in [6, 6.07) is 0. The monoisotopic (exact) mass is 504 g/mol. The SMILES string of the molecule is CCC(C)(C)C(=O)OC1CCC2(C)C(C1)CC(O)C1C2CCC2(C)C(C(C)CCC(=O)OC)CCC12. The lowest BCUT2D eigenvalue weighted by molar-refractivity contribution is -0.186. The molecule has 0 aromatic rings. The molecule has 10 atom stereocenters. The molecule has 5 heteroatoms. The summed E-state index contributed by atoms with van der Waals surface area (Å²) >= 11 is 0. The normalized spacial score (nSPS) is 43.1. The van der Waals surface area contributed by atoms with Gasteiger partial charge in [0.05, 0.1) is 18.6 Å². The summed E-state index contributed by atoms with van der Waals surface area (Å²) in [5.74, 6) is 2.85. The number of fused-ring (bicyclic) bond motifs is 5. The van der Waals surface area contributed by atoms with Crippen molar-refractivity contribution in [2.24, 2.45) is 51.8 Å². The van der Waals surface area contributed by atoms with Gasteiger partial charge in [0.15, 0.2) is 0 Å². The Balaban J connectivity index is 1.46. The Bertz CT molecular complexity index is 822. The standard InChI is InChI=1S/C31H52O5/c1-8-29(3,4)28(34)36-21-13-15-30(5)20(17-21)18-25(32)27-23-11-10-22(19(2)9-12-26(33)35-7)31(23,6)16-14-24(27)30/h19-25,27,32H,8-18H2,1-7H3. The van der Waals surface area contributed by atoms with Gasteiger partial charge < -0.3 is 14.6 Å². The summed E-state index contributed by atoms with van der Waals surface area (Å²) in [7, 11) is 1.48. The zero-order valence-corrected chi connectivity index (χ0v) is 24.0. The average molecular weight is 505 g/mol. The van der Waals surface area contributed by atoms with Crippen LogP contribution in [0.5, 0.6) is 0 Å². The van der Waals surface area contributed by atoms with Crippen LogP contribution in [0, 0.1) is 51.8 Å². The fourth-order valence-corrected chi connectivity index (χ4v) is 9.37. The molecule has 36 heavy (non-hydrogen) atoms. The lowest BCUT2D eigenvalue weighted by atomic mass is 9.43. The van der Waals surface area contributed by atoms with E-state index in [9.17, 15) is 14.7 Å². The molecular formula is C31H52O5. The number of hydrogen-bond acceptors (Lipinski definition) is 5. The van der Waals surface area contributed by atoms with Crippen LogP contribution in [-0.4, -0.2) is 36.4 Å². The number of carbonyl (C=O) groups is 2. The third kappa shape index (κ3) is 4.76. The molecule has 0 spiro atoms. The molecule has 4 rings (SSSR count). The highest BCUT2D eigenvalue weighted by Gasteiger charge is 2.63. The minimum Gasteiger partial charge on any atom is -0.469 e. The molecule has 206 valence electrons. The summed E-state index contributed by atoms with van der Waals surface area (Å²) in [6.45, 7) is 13.3. The van der Waals surface area contributed by atoms with E-state index < -0.39 is 5.41 Å². The van der Waals surface area contributed by atoms with E-state index >= 15 is 0 Å². The number of hydrogen-bond donors (Lipinski definition) is 1. The average Bonchev–Trinajstić information content (AvgIpc) is 3.20. The Kier molecular flexibility index (Phi) is 7.93. The Labute approximate surface area is 219 Å². The van der Waals surface area contributed by atoms with Crippen LogP contribution in [0.3, 0.4) is 0 Å². The van der Waals surface area contributed by atoms with Crippen molar-refractivity contribution >= 4 is 11.9 Å². The molecule has 0 aromatic heterocycles. The summed E-state index contributed by atoms with van der Waals surface area (Å²) in [4.78, 5) is 24.5. The molecule has 4 saturated carbocycles. The van der Waals surface area contributed by atoms with Crippen LogP contribution < -0.4 is 0 Å². The van der Waals surface area contributed by atoms with Gasteiger partial charge in [-0.15, -0.1) is 0 Å². The minimum absolute atomic E-state index is 0.00877. The van der Waals surface area contributed by atoms with Crippen molar-refractivity contribution in [1.82, 2.24) is 0 Å². The lowest BCUT2D eigenvalue weighted by Gasteiger charge is -2.62.